The Labute approximate surface area is 127 Å². The van der Waals surface area contributed by atoms with Crippen molar-refractivity contribution in [2.75, 3.05) is 44.2 Å². The summed E-state index contributed by atoms with van der Waals surface area (Å²) in [4.78, 5) is 24.0. The first-order valence-electron chi connectivity index (χ1n) is 6.60. The second-order valence-electron chi connectivity index (χ2n) is 4.44. The number of nitrogens with one attached hydrogen (secondary N) is 1. The molecule has 112 valence electrons. The van der Waals surface area contributed by atoms with Crippen molar-refractivity contribution in [2.24, 2.45) is 10.7 Å². The molecule has 21 heavy (non-hydrogen) atoms. The van der Waals surface area contributed by atoms with Crippen LogP contribution in [0.1, 0.15) is 0 Å². The van der Waals surface area contributed by atoms with Gasteiger partial charge in [-0.15, -0.1) is 17.8 Å². The van der Waals surface area contributed by atoms with E-state index in [2.05, 4.69) is 26.1 Å². The highest BCUT2D eigenvalue weighted by Gasteiger charge is 2.19. The molecule has 0 aliphatic carbocycles. The molecule has 1 fully saturated rings. The summed E-state index contributed by atoms with van der Waals surface area (Å²) in [6.07, 6.45) is 6.86. The summed E-state index contributed by atoms with van der Waals surface area (Å²) in [5.74, 6) is 2.50. The molecule has 8 heteroatoms. The fourth-order valence-electron chi connectivity index (χ4n) is 1.96. The predicted octanol–water partition coefficient (Wildman–Crippen LogP) is -0.671. The number of carbonyl (C=O) groups is 1. The highest BCUT2D eigenvalue weighted by atomic mass is 32.1. The summed E-state index contributed by atoms with van der Waals surface area (Å²) in [7, 11) is 0. The van der Waals surface area contributed by atoms with Crippen LogP contribution in [0.2, 0.25) is 0 Å². The van der Waals surface area contributed by atoms with Gasteiger partial charge in [0.2, 0.25) is 5.91 Å². The molecule has 1 amide bonds. The number of guanidine groups is 1. The maximum Gasteiger partial charge on any atom is 0.242 e. The molecule has 0 spiro atoms. The fraction of sp³-hybridized carbons (Fsp3) is 0.462. The third-order valence-corrected chi connectivity index (χ3v) is 3.90. The van der Waals surface area contributed by atoms with Crippen LogP contribution in [0.15, 0.2) is 16.6 Å². The first kappa shape index (κ1) is 15.1. The van der Waals surface area contributed by atoms with Crippen molar-refractivity contribution in [3.05, 3.63) is 11.6 Å². The van der Waals surface area contributed by atoms with Gasteiger partial charge in [-0.1, -0.05) is 5.92 Å². The highest BCUT2D eigenvalue weighted by Crippen LogP contribution is 2.18. The Hall–Kier alpha value is -2.27. The first-order valence-corrected chi connectivity index (χ1v) is 7.48. The summed E-state index contributed by atoms with van der Waals surface area (Å²) in [6.45, 7) is 3.42. The van der Waals surface area contributed by atoms with Crippen molar-refractivity contribution >= 4 is 28.3 Å². The quantitative estimate of drug-likeness (QED) is 0.438. The number of anilines is 1. The average molecular weight is 306 g/mol. The van der Waals surface area contributed by atoms with E-state index in [-0.39, 0.29) is 19.0 Å². The minimum Gasteiger partial charge on any atom is -0.370 e. The highest BCUT2D eigenvalue weighted by molar-refractivity contribution is 7.13. The summed E-state index contributed by atoms with van der Waals surface area (Å²) < 4.78 is 0. The largest absolute Gasteiger partial charge is 0.370 e. The maximum absolute atomic E-state index is 11.4. The van der Waals surface area contributed by atoms with Crippen LogP contribution < -0.4 is 16.0 Å². The lowest BCUT2D eigenvalue weighted by Crippen LogP contribution is -2.51. The van der Waals surface area contributed by atoms with Crippen LogP contribution in [-0.4, -0.2) is 61.0 Å². The van der Waals surface area contributed by atoms with E-state index < -0.39 is 0 Å². The molecule has 2 heterocycles. The van der Waals surface area contributed by atoms with Crippen molar-refractivity contribution in [2.45, 2.75) is 0 Å². The van der Waals surface area contributed by atoms with E-state index in [1.165, 1.54) is 0 Å². The molecule has 0 bridgehead atoms. The molecule has 0 radical (unpaired) electrons. The molecule has 1 aromatic rings. The van der Waals surface area contributed by atoms with E-state index in [9.17, 15) is 4.79 Å². The number of aliphatic imine (C=N–C) groups is 1. The zero-order valence-corrected chi connectivity index (χ0v) is 12.5. The van der Waals surface area contributed by atoms with Gasteiger partial charge in [-0.05, 0) is 0 Å². The standard InChI is InChI=1S/C13H18N6OS/c1-2-3-15-11(20)10-17-12(14)18-5-7-19(8-6-18)13-16-4-9-21-13/h1,4,9H,3,5-8,10H2,(H2,14,17)(H,15,20). The van der Waals surface area contributed by atoms with Crippen molar-refractivity contribution in [1.29, 1.82) is 0 Å². The van der Waals surface area contributed by atoms with Gasteiger partial charge in [-0.3, -0.25) is 4.79 Å². The number of aromatic nitrogens is 1. The monoisotopic (exact) mass is 306 g/mol. The summed E-state index contributed by atoms with van der Waals surface area (Å²) >= 11 is 1.63. The van der Waals surface area contributed by atoms with Gasteiger partial charge in [-0.2, -0.15) is 0 Å². The number of rotatable bonds is 4. The Morgan fingerprint density at radius 3 is 2.90 bits per heavy atom. The number of amides is 1. The second-order valence-corrected chi connectivity index (χ2v) is 5.32. The van der Waals surface area contributed by atoms with Crippen molar-refractivity contribution in [3.63, 3.8) is 0 Å². The number of piperazine rings is 1. The van der Waals surface area contributed by atoms with Crippen LogP contribution in [0.25, 0.3) is 0 Å². The van der Waals surface area contributed by atoms with Crippen LogP contribution in [-0.2, 0) is 4.79 Å². The summed E-state index contributed by atoms with van der Waals surface area (Å²) in [5, 5.41) is 5.54. The number of carbonyl (C=O) groups excluding carboxylic acids is 1. The van der Waals surface area contributed by atoms with Gasteiger partial charge in [0.1, 0.15) is 6.54 Å². The van der Waals surface area contributed by atoms with Gasteiger partial charge in [0.05, 0.1) is 6.54 Å². The van der Waals surface area contributed by atoms with Crippen molar-refractivity contribution in [1.82, 2.24) is 15.2 Å². The van der Waals surface area contributed by atoms with E-state index in [0.717, 1.165) is 31.3 Å². The zero-order chi connectivity index (χ0) is 15.1. The molecule has 7 nitrogen and oxygen atoms in total. The van der Waals surface area contributed by atoms with Crippen LogP contribution in [0.5, 0.6) is 0 Å². The Morgan fingerprint density at radius 2 is 2.29 bits per heavy atom. The van der Waals surface area contributed by atoms with Gasteiger partial charge >= 0.3 is 0 Å². The fourth-order valence-corrected chi connectivity index (χ4v) is 2.65. The molecule has 3 N–H and O–H groups in total. The molecular weight excluding hydrogens is 288 g/mol. The third-order valence-electron chi connectivity index (χ3n) is 3.07. The minimum absolute atomic E-state index is 0.000206. The lowest BCUT2D eigenvalue weighted by Gasteiger charge is -2.35. The average Bonchev–Trinajstić information content (AvgIpc) is 3.05. The van der Waals surface area contributed by atoms with Crippen LogP contribution in [0.4, 0.5) is 5.13 Å². The van der Waals surface area contributed by atoms with Crippen molar-refractivity contribution in [3.8, 4) is 12.3 Å². The smallest absolute Gasteiger partial charge is 0.242 e. The van der Waals surface area contributed by atoms with Gasteiger partial charge in [-0.25, -0.2) is 9.98 Å². The lowest BCUT2D eigenvalue weighted by atomic mass is 10.3. The van der Waals surface area contributed by atoms with Gasteiger partial charge in [0.15, 0.2) is 11.1 Å². The molecule has 0 saturated carbocycles. The normalized spacial score (nSPS) is 15.7. The van der Waals surface area contributed by atoms with E-state index in [4.69, 9.17) is 12.2 Å². The number of hydrogen-bond acceptors (Lipinski definition) is 5. The van der Waals surface area contributed by atoms with E-state index in [1.54, 1.807) is 17.5 Å². The number of nitrogens with two attached hydrogens (primary N) is 1. The number of terminal acetylenes is 1. The van der Waals surface area contributed by atoms with Crippen LogP contribution >= 0.6 is 11.3 Å². The summed E-state index contributed by atoms with van der Waals surface area (Å²) in [5.41, 5.74) is 5.91. The molecule has 1 saturated heterocycles. The second kappa shape index (κ2) is 7.50. The zero-order valence-electron chi connectivity index (χ0n) is 11.7. The molecule has 0 unspecified atom stereocenters. The van der Waals surface area contributed by atoms with E-state index in [0.29, 0.717) is 5.96 Å². The van der Waals surface area contributed by atoms with Crippen LogP contribution in [0.3, 0.4) is 0 Å². The molecule has 1 aliphatic heterocycles. The predicted molar refractivity (Wildman–Crippen MR) is 84.2 cm³/mol. The Balaban J connectivity index is 1.78. The number of hydrogen-bond donors (Lipinski definition) is 2. The van der Waals surface area contributed by atoms with Gasteiger partial charge in [0, 0.05) is 37.8 Å². The maximum atomic E-state index is 11.4. The lowest BCUT2D eigenvalue weighted by molar-refractivity contribution is -0.119. The third kappa shape index (κ3) is 4.36. The molecule has 1 aromatic heterocycles. The van der Waals surface area contributed by atoms with E-state index >= 15 is 0 Å². The number of thiazole rings is 1. The molecule has 0 aromatic carbocycles. The Morgan fingerprint density at radius 1 is 1.52 bits per heavy atom. The molecule has 0 atom stereocenters. The van der Waals surface area contributed by atoms with Crippen LogP contribution in [0, 0.1) is 12.3 Å². The molecular formula is C13H18N6OS. The molecule has 2 rings (SSSR count). The Kier molecular flexibility index (Phi) is 5.40. The van der Waals surface area contributed by atoms with E-state index in [1.807, 2.05) is 10.3 Å². The first-order chi connectivity index (χ1) is 10.2. The molecule has 1 aliphatic rings. The Bertz CT molecular complexity index is 527. The van der Waals surface area contributed by atoms with Gasteiger partial charge in [0.25, 0.3) is 0 Å². The topological polar surface area (TPSA) is 86.8 Å². The SMILES string of the molecule is C#CCNC(=O)CN=C(N)N1CCN(c2nccs2)CC1. The van der Waals surface area contributed by atoms with Gasteiger partial charge < -0.3 is 20.9 Å². The summed E-state index contributed by atoms with van der Waals surface area (Å²) in [6, 6.07) is 0. The van der Waals surface area contributed by atoms with Crippen molar-refractivity contribution < 1.29 is 4.79 Å². The minimum atomic E-state index is -0.225. The number of nitrogens with zero attached hydrogens (tertiary/aromatic N) is 4.